The summed E-state index contributed by atoms with van der Waals surface area (Å²) in [4.78, 5) is 21.1. The van der Waals surface area contributed by atoms with Gasteiger partial charge < -0.3 is 10.4 Å². The molecule has 1 aliphatic rings. The van der Waals surface area contributed by atoms with Gasteiger partial charge >= 0.3 is 0 Å². The Morgan fingerprint density at radius 1 is 1.28 bits per heavy atom. The van der Waals surface area contributed by atoms with Gasteiger partial charge in [0, 0.05) is 11.8 Å². The number of carbonyl (C=O) groups excluding carboxylic acids is 1. The van der Waals surface area contributed by atoms with E-state index in [0.717, 1.165) is 31.9 Å². The number of aromatic nitrogens is 2. The van der Waals surface area contributed by atoms with Crippen LogP contribution in [-0.2, 0) is 21.2 Å². The minimum Gasteiger partial charge on any atom is -0.390 e. The van der Waals surface area contributed by atoms with Crippen LogP contribution in [0.5, 0.6) is 0 Å². The van der Waals surface area contributed by atoms with Crippen molar-refractivity contribution in [3.8, 4) is 0 Å². The second-order valence-electron chi connectivity index (χ2n) is 7.05. The van der Waals surface area contributed by atoms with E-state index in [1.807, 2.05) is 6.08 Å². The zero-order chi connectivity index (χ0) is 21.0. The van der Waals surface area contributed by atoms with E-state index in [0.29, 0.717) is 16.8 Å². The number of rotatable bonds is 6. The molecule has 0 atom stereocenters. The lowest BCUT2D eigenvalue weighted by molar-refractivity contribution is -0.111. The molecule has 0 bridgehead atoms. The number of aliphatic hydroxyl groups excluding tert-OH is 1. The maximum atomic E-state index is 13.0. The summed E-state index contributed by atoms with van der Waals surface area (Å²) in [7, 11) is -3.46. The van der Waals surface area contributed by atoms with Gasteiger partial charge in [0.25, 0.3) is 5.91 Å². The quantitative estimate of drug-likeness (QED) is 0.674. The number of hydrogen-bond donors (Lipinski definition) is 2. The van der Waals surface area contributed by atoms with Crippen LogP contribution < -0.4 is 5.32 Å². The maximum Gasteiger partial charge on any atom is 0.257 e. The van der Waals surface area contributed by atoms with Crippen molar-refractivity contribution in [2.24, 2.45) is 5.92 Å². The van der Waals surface area contributed by atoms with E-state index in [1.165, 1.54) is 24.5 Å². The molecule has 0 saturated heterocycles. The number of halogens is 1. The van der Waals surface area contributed by atoms with Crippen LogP contribution in [0.25, 0.3) is 5.57 Å². The Morgan fingerprint density at radius 2 is 2.00 bits per heavy atom. The lowest BCUT2D eigenvalue weighted by Gasteiger charge is -2.13. The second-order valence-corrected chi connectivity index (χ2v) is 9.44. The minimum atomic E-state index is -3.46. The van der Waals surface area contributed by atoms with Gasteiger partial charge in [-0.05, 0) is 36.5 Å². The summed E-state index contributed by atoms with van der Waals surface area (Å²) >= 11 is 6.19. The molecule has 1 aromatic carbocycles. The summed E-state index contributed by atoms with van der Waals surface area (Å²) in [6.07, 6.45) is 9.97. The highest BCUT2D eigenvalue weighted by atomic mass is 35.5. The monoisotopic (exact) mass is 435 g/mol. The molecule has 9 heteroatoms. The highest BCUT2D eigenvalue weighted by Gasteiger charge is 2.21. The Balaban J connectivity index is 1.94. The van der Waals surface area contributed by atoms with Crippen LogP contribution >= 0.6 is 11.6 Å². The van der Waals surface area contributed by atoms with E-state index in [2.05, 4.69) is 15.3 Å². The average Bonchev–Trinajstić information content (AvgIpc) is 3.19. The predicted octanol–water partition coefficient (Wildman–Crippen LogP) is 3.24. The van der Waals surface area contributed by atoms with Gasteiger partial charge in [0.05, 0.1) is 34.6 Å². The van der Waals surface area contributed by atoms with Crippen LogP contribution in [0.15, 0.2) is 41.6 Å². The van der Waals surface area contributed by atoms with Gasteiger partial charge in [-0.3, -0.25) is 9.78 Å². The lowest BCUT2D eigenvalue weighted by atomic mass is 9.98. The molecule has 0 spiro atoms. The Hall–Kier alpha value is -2.29. The van der Waals surface area contributed by atoms with Crippen LogP contribution in [-0.4, -0.2) is 35.7 Å². The lowest BCUT2D eigenvalue weighted by Crippen LogP contribution is -2.16. The second kappa shape index (κ2) is 9.02. The molecule has 154 valence electrons. The third kappa shape index (κ3) is 5.41. The third-order valence-electron chi connectivity index (χ3n) is 4.80. The van der Waals surface area contributed by atoms with Crippen molar-refractivity contribution in [2.45, 2.75) is 37.2 Å². The Labute approximate surface area is 174 Å². The Kier molecular flexibility index (Phi) is 6.66. The van der Waals surface area contributed by atoms with Crippen molar-refractivity contribution in [1.82, 2.24) is 9.97 Å². The van der Waals surface area contributed by atoms with E-state index in [9.17, 15) is 13.2 Å². The molecule has 3 rings (SSSR count). The van der Waals surface area contributed by atoms with Crippen molar-refractivity contribution in [3.05, 3.63) is 52.9 Å². The predicted molar refractivity (Wildman–Crippen MR) is 111 cm³/mol. The van der Waals surface area contributed by atoms with Gasteiger partial charge in [-0.2, -0.15) is 0 Å². The summed E-state index contributed by atoms with van der Waals surface area (Å²) in [5, 5.41) is 11.8. The molecular formula is C20H22ClN3O4S. The topological polar surface area (TPSA) is 109 Å². The number of nitrogens with one attached hydrogen (secondary N) is 1. The molecule has 29 heavy (non-hydrogen) atoms. The molecule has 1 heterocycles. The molecule has 1 aliphatic carbocycles. The summed E-state index contributed by atoms with van der Waals surface area (Å²) in [6, 6.07) is 4.50. The number of sulfone groups is 1. The Morgan fingerprint density at radius 3 is 2.55 bits per heavy atom. The van der Waals surface area contributed by atoms with E-state index in [1.54, 1.807) is 6.07 Å². The van der Waals surface area contributed by atoms with Gasteiger partial charge in [-0.25, -0.2) is 13.4 Å². The van der Waals surface area contributed by atoms with Crippen molar-refractivity contribution in [1.29, 1.82) is 0 Å². The third-order valence-corrected chi connectivity index (χ3v) is 6.38. The van der Waals surface area contributed by atoms with Crippen molar-refractivity contribution >= 4 is 38.7 Å². The fraction of sp³-hybridized carbons (Fsp3) is 0.350. The number of hydrogen-bond acceptors (Lipinski definition) is 6. The van der Waals surface area contributed by atoms with Gasteiger partial charge in [-0.1, -0.05) is 36.6 Å². The van der Waals surface area contributed by atoms with Gasteiger partial charge in [0.1, 0.15) is 0 Å². The van der Waals surface area contributed by atoms with E-state index >= 15 is 0 Å². The molecule has 0 radical (unpaired) electrons. The zero-order valence-electron chi connectivity index (χ0n) is 15.9. The molecule has 0 aliphatic heterocycles. The Bertz CT molecular complexity index is 1030. The highest BCUT2D eigenvalue weighted by Crippen LogP contribution is 2.32. The van der Waals surface area contributed by atoms with Crippen molar-refractivity contribution in [3.63, 3.8) is 0 Å². The molecule has 2 N–H and O–H groups in total. The number of anilines is 1. The summed E-state index contributed by atoms with van der Waals surface area (Å²) in [5.41, 5.74) is 1.34. The maximum absolute atomic E-state index is 13.0. The summed E-state index contributed by atoms with van der Waals surface area (Å²) in [6.45, 7) is -0.237. The first-order valence-corrected chi connectivity index (χ1v) is 11.5. The first-order chi connectivity index (χ1) is 13.8. The van der Waals surface area contributed by atoms with E-state index < -0.39 is 9.84 Å². The molecule has 0 unspecified atom stereocenters. The number of nitrogens with zero attached hydrogens (tertiary/aromatic N) is 2. The SMILES string of the molecule is CS(=O)(=O)c1ccc(/C(=C\C2CCCC2)C(=O)Nc2cnc(CO)cn2)cc1Cl. The van der Waals surface area contributed by atoms with Crippen molar-refractivity contribution < 1.29 is 18.3 Å². The van der Waals surface area contributed by atoms with Crippen LogP contribution in [0, 0.1) is 5.92 Å². The van der Waals surface area contributed by atoms with Crippen molar-refractivity contribution in [2.75, 3.05) is 11.6 Å². The number of amides is 1. The van der Waals surface area contributed by atoms with Crippen LogP contribution in [0.1, 0.15) is 36.9 Å². The van der Waals surface area contributed by atoms with Crippen LogP contribution in [0.2, 0.25) is 5.02 Å². The average molecular weight is 436 g/mol. The molecule has 7 nitrogen and oxygen atoms in total. The molecule has 1 fully saturated rings. The zero-order valence-corrected chi connectivity index (χ0v) is 17.5. The fourth-order valence-electron chi connectivity index (χ4n) is 3.32. The van der Waals surface area contributed by atoms with Crippen LogP contribution in [0.3, 0.4) is 0 Å². The minimum absolute atomic E-state index is 0.0222. The fourth-order valence-corrected chi connectivity index (χ4v) is 4.65. The number of carbonyl (C=O) groups is 1. The summed E-state index contributed by atoms with van der Waals surface area (Å²) < 4.78 is 23.7. The highest BCUT2D eigenvalue weighted by molar-refractivity contribution is 7.90. The number of benzene rings is 1. The normalized spacial score (nSPS) is 15.5. The molecule has 1 saturated carbocycles. The first kappa shape index (κ1) is 21.4. The standard InChI is InChI=1S/C20H22ClN3O4S/c1-29(27,28)18-7-6-14(9-17(18)21)16(8-13-4-2-3-5-13)20(26)24-19-11-22-15(12-25)10-23-19/h6-11,13,25H,2-5,12H2,1H3,(H,23,24,26)/b16-8+. The smallest absolute Gasteiger partial charge is 0.257 e. The van der Waals surface area contributed by atoms with Crippen LogP contribution in [0.4, 0.5) is 5.82 Å². The molecular weight excluding hydrogens is 414 g/mol. The van der Waals surface area contributed by atoms with Gasteiger partial charge in [0.15, 0.2) is 15.7 Å². The van der Waals surface area contributed by atoms with Gasteiger partial charge in [0.2, 0.25) is 0 Å². The molecule has 2 aromatic rings. The van der Waals surface area contributed by atoms with Gasteiger partial charge in [-0.15, -0.1) is 0 Å². The number of aliphatic hydroxyl groups is 1. The number of allylic oxidation sites excluding steroid dienone is 1. The van der Waals surface area contributed by atoms with E-state index in [-0.39, 0.29) is 34.2 Å². The largest absolute Gasteiger partial charge is 0.390 e. The molecule has 1 aromatic heterocycles. The summed E-state index contributed by atoms with van der Waals surface area (Å²) in [5.74, 6) is 0.140. The first-order valence-electron chi connectivity index (χ1n) is 9.23. The molecule has 1 amide bonds. The van der Waals surface area contributed by atoms with E-state index in [4.69, 9.17) is 16.7 Å².